The van der Waals surface area contributed by atoms with Gasteiger partial charge >= 0.3 is 0 Å². The minimum Gasteiger partial charge on any atom is -0.319 e. The maximum atomic E-state index is 12.4. The summed E-state index contributed by atoms with van der Waals surface area (Å²) in [4.78, 5) is 16.6. The SMILES string of the molecule is CCn1ncc(NC(=O)c2ccnc(-n3cnnc3)c2)c1C. The second-order valence-electron chi connectivity index (χ2n) is 4.69. The van der Waals surface area contributed by atoms with E-state index in [4.69, 9.17) is 0 Å². The molecule has 3 aromatic heterocycles. The van der Waals surface area contributed by atoms with E-state index >= 15 is 0 Å². The van der Waals surface area contributed by atoms with Gasteiger partial charge in [-0.2, -0.15) is 5.10 Å². The van der Waals surface area contributed by atoms with Gasteiger partial charge in [-0.05, 0) is 26.0 Å². The Balaban J connectivity index is 1.83. The molecule has 0 atom stereocenters. The first-order valence-electron chi connectivity index (χ1n) is 6.84. The molecular formula is C14H15N7O. The molecule has 0 saturated heterocycles. The first kappa shape index (κ1) is 13.9. The van der Waals surface area contributed by atoms with Crippen molar-refractivity contribution in [2.24, 2.45) is 0 Å². The monoisotopic (exact) mass is 297 g/mol. The summed E-state index contributed by atoms with van der Waals surface area (Å²) in [5.74, 6) is 0.370. The van der Waals surface area contributed by atoms with Crippen LogP contribution in [0, 0.1) is 6.92 Å². The molecule has 0 aliphatic heterocycles. The fraction of sp³-hybridized carbons (Fsp3) is 0.214. The van der Waals surface area contributed by atoms with Gasteiger partial charge < -0.3 is 5.32 Å². The Bertz CT molecular complexity index is 791. The average molecular weight is 297 g/mol. The molecule has 1 N–H and O–H groups in total. The predicted molar refractivity (Wildman–Crippen MR) is 79.7 cm³/mol. The van der Waals surface area contributed by atoms with Crippen molar-refractivity contribution in [2.75, 3.05) is 5.32 Å². The second-order valence-corrected chi connectivity index (χ2v) is 4.69. The Kier molecular flexibility index (Phi) is 3.65. The lowest BCUT2D eigenvalue weighted by Gasteiger charge is -2.06. The van der Waals surface area contributed by atoms with Crippen LogP contribution in [0.2, 0.25) is 0 Å². The van der Waals surface area contributed by atoms with Gasteiger partial charge in [0.25, 0.3) is 5.91 Å². The molecule has 3 aromatic rings. The van der Waals surface area contributed by atoms with Crippen LogP contribution in [-0.4, -0.2) is 35.4 Å². The van der Waals surface area contributed by atoms with Crippen molar-refractivity contribution in [1.29, 1.82) is 0 Å². The van der Waals surface area contributed by atoms with Gasteiger partial charge in [0.15, 0.2) is 0 Å². The lowest BCUT2D eigenvalue weighted by atomic mass is 10.2. The highest BCUT2D eigenvalue weighted by molar-refractivity contribution is 6.04. The molecule has 8 heteroatoms. The molecule has 0 fully saturated rings. The van der Waals surface area contributed by atoms with Crippen LogP contribution in [0.15, 0.2) is 37.2 Å². The minimum absolute atomic E-state index is 0.213. The van der Waals surface area contributed by atoms with Crippen molar-refractivity contribution in [1.82, 2.24) is 29.5 Å². The highest BCUT2D eigenvalue weighted by Gasteiger charge is 2.12. The van der Waals surface area contributed by atoms with Crippen LogP contribution in [-0.2, 0) is 6.54 Å². The van der Waals surface area contributed by atoms with Crippen LogP contribution in [0.25, 0.3) is 5.82 Å². The lowest BCUT2D eigenvalue weighted by molar-refractivity contribution is 0.102. The van der Waals surface area contributed by atoms with E-state index in [2.05, 4.69) is 25.6 Å². The van der Waals surface area contributed by atoms with Gasteiger partial charge in [0.2, 0.25) is 0 Å². The van der Waals surface area contributed by atoms with Crippen molar-refractivity contribution >= 4 is 11.6 Å². The molecule has 0 aromatic carbocycles. The van der Waals surface area contributed by atoms with Crippen molar-refractivity contribution in [3.05, 3.63) is 48.4 Å². The highest BCUT2D eigenvalue weighted by Crippen LogP contribution is 2.15. The first-order valence-corrected chi connectivity index (χ1v) is 6.84. The molecule has 0 saturated carbocycles. The number of amides is 1. The van der Waals surface area contributed by atoms with E-state index in [0.717, 1.165) is 12.2 Å². The standard InChI is InChI=1S/C14H15N7O/c1-3-21-10(2)12(7-18-21)19-14(22)11-4-5-15-13(6-11)20-8-16-17-9-20/h4-9H,3H2,1-2H3,(H,19,22). The summed E-state index contributed by atoms with van der Waals surface area (Å²) >= 11 is 0. The topological polar surface area (TPSA) is 90.5 Å². The smallest absolute Gasteiger partial charge is 0.255 e. The first-order chi connectivity index (χ1) is 10.7. The second kappa shape index (κ2) is 5.76. The molecule has 0 aliphatic rings. The van der Waals surface area contributed by atoms with E-state index in [1.54, 1.807) is 29.1 Å². The van der Waals surface area contributed by atoms with Crippen molar-refractivity contribution in [3.8, 4) is 5.82 Å². The van der Waals surface area contributed by atoms with E-state index in [0.29, 0.717) is 17.1 Å². The molecule has 1 amide bonds. The van der Waals surface area contributed by atoms with E-state index in [1.807, 2.05) is 18.5 Å². The van der Waals surface area contributed by atoms with E-state index in [-0.39, 0.29) is 5.91 Å². The van der Waals surface area contributed by atoms with Crippen LogP contribution >= 0.6 is 0 Å². The summed E-state index contributed by atoms with van der Waals surface area (Å²) in [6.07, 6.45) is 6.28. The fourth-order valence-electron chi connectivity index (χ4n) is 2.10. The number of anilines is 1. The Labute approximate surface area is 126 Å². The van der Waals surface area contributed by atoms with Crippen molar-refractivity contribution < 1.29 is 4.79 Å². The highest BCUT2D eigenvalue weighted by atomic mass is 16.1. The molecule has 0 unspecified atom stereocenters. The van der Waals surface area contributed by atoms with Crippen LogP contribution < -0.4 is 5.32 Å². The molecule has 3 heterocycles. The predicted octanol–water partition coefficient (Wildman–Crippen LogP) is 1.44. The maximum Gasteiger partial charge on any atom is 0.255 e. The van der Waals surface area contributed by atoms with Gasteiger partial charge in [-0.15, -0.1) is 10.2 Å². The molecule has 112 valence electrons. The molecule has 0 bridgehead atoms. The summed E-state index contributed by atoms with van der Waals surface area (Å²) < 4.78 is 3.46. The number of nitrogens with zero attached hydrogens (tertiary/aromatic N) is 6. The number of aromatic nitrogens is 6. The van der Waals surface area contributed by atoms with Crippen molar-refractivity contribution in [3.63, 3.8) is 0 Å². The summed E-state index contributed by atoms with van der Waals surface area (Å²) in [7, 11) is 0. The molecule has 3 rings (SSSR count). The summed E-state index contributed by atoms with van der Waals surface area (Å²) in [6.45, 7) is 4.68. The van der Waals surface area contributed by atoms with Gasteiger partial charge in [-0.25, -0.2) is 4.98 Å². The Morgan fingerprint density at radius 1 is 1.32 bits per heavy atom. The quantitative estimate of drug-likeness (QED) is 0.787. The number of aryl methyl sites for hydroxylation is 1. The number of rotatable bonds is 4. The summed E-state index contributed by atoms with van der Waals surface area (Å²) in [6, 6.07) is 3.33. The Hall–Kier alpha value is -3.03. The number of carbonyl (C=O) groups is 1. The number of hydrogen-bond acceptors (Lipinski definition) is 5. The lowest BCUT2D eigenvalue weighted by Crippen LogP contribution is -2.13. The molecule has 0 aliphatic carbocycles. The Morgan fingerprint density at radius 3 is 2.77 bits per heavy atom. The largest absolute Gasteiger partial charge is 0.319 e. The van der Waals surface area contributed by atoms with Gasteiger partial charge in [-0.3, -0.25) is 14.0 Å². The average Bonchev–Trinajstić information content (AvgIpc) is 3.18. The molecule has 0 spiro atoms. The zero-order chi connectivity index (χ0) is 15.5. The molecule has 22 heavy (non-hydrogen) atoms. The van der Waals surface area contributed by atoms with Gasteiger partial charge in [0.1, 0.15) is 18.5 Å². The van der Waals surface area contributed by atoms with Crippen LogP contribution in [0.1, 0.15) is 23.0 Å². The zero-order valence-electron chi connectivity index (χ0n) is 12.3. The van der Waals surface area contributed by atoms with Gasteiger partial charge in [0, 0.05) is 18.3 Å². The third-order valence-corrected chi connectivity index (χ3v) is 3.34. The summed E-state index contributed by atoms with van der Waals surface area (Å²) in [5.41, 5.74) is 2.13. The third kappa shape index (κ3) is 2.58. The molecule has 0 radical (unpaired) electrons. The van der Waals surface area contributed by atoms with Crippen LogP contribution in [0.5, 0.6) is 0 Å². The number of pyridine rings is 1. The number of carbonyl (C=O) groups excluding carboxylic acids is 1. The molecule has 8 nitrogen and oxygen atoms in total. The maximum absolute atomic E-state index is 12.4. The Morgan fingerprint density at radius 2 is 2.09 bits per heavy atom. The molecular weight excluding hydrogens is 282 g/mol. The van der Waals surface area contributed by atoms with Gasteiger partial charge in [0.05, 0.1) is 17.6 Å². The van der Waals surface area contributed by atoms with Crippen molar-refractivity contribution in [2.45, 2.75) is 20.4 Å². The third-order valence-electron chi connectivity index (χ3n) is 3.34. The van der Waals surface area contributed by atoms with E-state index in [9.17, 15) is 4.79 Å². The van der Waals surface area contributed by atoms with Crippen LogP contribution in [0.4, 0.5) is 5.69 Å². The van der Waals surface area contributed by atoms with E-state index < -0.39 is 0 Å². The number of nitrogens with one attached hydrogen (secondary N) is 1. The minimum atomic E-state index is -0.213. The number of hydrogen-bond donors (Lipinski definition) is 1. The van der Waals surface area contributed by atoms with E-state index in [1.165, 1.54) is 12.7 Å². The summed E-state index contributed by atoms with van der Waals surface area (Å²) in [5, 5.41) is 14.5. The fourth-order valence-corrected chi connectivity index (χ4v) is 2.10. The zero-order valence-corrected chi connectivity index (χ0v) is 12.3. The van der Waals surface area contributed by atoms with Gasteiger partial charge in [-0.1, -0.05) is 0 Å². The van der Waals surface area contributed by atoms with Crippen LogP contribution in [0.3, 0.4) is 0 Å². The normalized spacial score (nSPS) is 10.6.